The van der Waals surface area contributed by atoms with Gasteiger partial charge in [0.15, 0.2) is 0 Å². The Bertz CT molecular complexity index is 311. The highest BCUT2D eigenvalue weighted by molar-refractivity contribution is 5.83. The summed E-state index contributed by atoms with van der Waals surface area (Å²) in [4.78, 5) is 10.9. The van der Waals surface area contributed by atoms with Gasteiger partial charge in [0.25, 0.3) is 0 Å². The van der Waals surface area contributed by atoms with Crippen LogP contribution in [-0.4, -0.2) is 23.3 Å². The molecule has 0 aliphatic rings. The monoisotopic (exact) mass is 184 g/mol. The lowest BCUT2D eigenvalue weighted by molar-refractivity contribution is 0.0552. The van der Waals surface area contributed by atoms with Gasteiger partial charge in [0.1, 0.15) is 0 Å². The Balaban J connectivity index is 2.93. The summed E-state index contributed by atoms with van der Waals surface area (Å²) in [6.45, 7) is 5.75. The van der Waals surface area contributed by atoms with Crippen molar-refractivity contribution in [3.8, 4) is 0 Å². The fourth-order valence-electron chi connectivity index (χ4n) is 0.696. The van der Waals surface area contributed by atoms with Crippen LogP contribution >= 0.6 is 0 Å². The molecule has 1 aromatic heterocycles. The first-order valence-corrected chi connectivity index (χ1v) is 3.87. The second-order valence-electron chi connectivity index (χ2n) is 3.65. The lowest BCUT2D eigenvalue weighted by Crippen LogP contribution is -2.11. The molecule has 0 aliphatic heterocycles. The van der Waals surface area contributed by atoms with Gasteiger partial charge in [-0.2, -0.15) is 0 Å². The second-order valence-corrected chi connectivity index (χ2v) is 3.65. The minimum Gasteiger partial charge on any atom is -0.462 e. The van der Waals surface area contributed by atoms with E-state index < -0.39 is 5.97 Å². The van der Waals surface area contributed by atoms with Gasteiger partial charge in [-0.25, -0.2) is 4.79 Å². The lowest BCUT2D eigenvalue weighted by Gasteiger charge is -2.10. The molecular weight excluding hydrogens is 172 g/mol. The molecule has 0 fully saturated rings. The van der Waals surface area contributed by atoms with Crippen LogP contribution in [0.4, 0.5) is 0 Å². The van der Waals surface area contributed by atoms with Crippen molar-refractivity contribution in [3.05, 3.63) is 11.8 Å². The maximum atomic E-state index is 10.9. The van der Waals surface area contributed by atoms with Crippen molar-refractivity contribution in [2.24, 2.45) is 0 Å². The van der Waals surface area contributed by atoms with Crippen LogP contribution in [0.5, 0.6) is 0 Å². The minimum atomic E-state index is -0.608. The van der Waals surface area contributed by atoms with E-state index in [9.17, 15) is 4.79 Å². The average Bonchev–Trinajstić information content (AvgIpc) is 2.50. The van der Waals surface area contributed by atoms with Gasteiger partial charge < -0.3 is 9.15 Å². The van der Waals surface area contributed by atoms with Gasteiger partial charge in [-0.05, 0) is 0 Å². The first-order valence-electron chi connectivity index (χ1n) is 3.87. The molecule has 1 aromatic rings. The predicted octanol–water partition coefficient (Wildman–Crippen LogP) is 1.15. The maximum Gasteiger partial charge on any atom is 0.396 e. The molecule has 0 N–H and O–H groups in total. The van der Waals surface area contributed by atoms with Crippen LogP contribution in [0.1, 0.15) is 37.3 Å². The van der Waals surface area contributed by atoms with Gasteiger partial charge in [0, 0.05) is 5.41 Å². The molecule has 0 atom stereocenters. The fourth-order valence-corrected chi connectivity index (χ4v) is 0.696. The van der Waals surface area contributed by atoms with Gasteiger partial charge >= 0.3 is 11.9 Å². The Hall–Kier alpha value is -1.39. The van der Waals surface area contributed by atoms with Crippen LogP contribution < -0.4 is 0 Å². The van der Waals surface area contributed by atoms with Crippen molar-refractivity contribution in [2.45, 2.75) is 26.2 Å². The molecule has 1 rings (SSSR count). The maximum absolute atomic E-state index is 10.9. The molecule has 13 heavy (non-hydrogen) atoms. The third-order valence-electron chi connectivity index (χ3n) is 1.43. The van der Waals surface area contributed by atoms with Gasteiger partial charge in [-0.3, -0.25) is 0 Å². The summed E-state index contributed by atoms with van der Waals surface area (Å²) in [5, 5.41) is 7.30. The number of hydrogen-bond acceptors (Lipinski definition) is 5. The first kappa shape index (κ1) is 9.70. The van der Waals surface area contributed by atoms with E-state index in [0.29, 0.717) is 5.89 Å². The number of carbonyl (C=O) groups excluding carboxylic acids is 1. The molecule has 72 valence electrons. The summed E-state index contributed by atoms with van der Waals surface area (Å²) in [6.07, 6.45) is 0. The van der Waals surface area contributed by atoms with Gasteiger partial charge in [0.2, 0.25) is 5.89 Å². The number of ether oxygens (including phenoxy) is 1. The fraction of sp³-hybridized carbons (Fsp3) is 0.625. The van der Waals surface area contributed by atoms with E-state index in [0.717, 1.165) is 0 Å². The van der Waals surface area contributed by atoms with Crippen molar-refractivity contribution in [3.63, 3.8) is 0 Å². The normalized spacial score (nSPS) is 11.4. The van der Waals surface area contributed by atoms with Gasteiger partial charge in [0.05, 0.1) is 7.11 Å². The van der Waals surface area contributed by atoms with E-state index in [1.165, 1.54) is 7.11 Å². The number of esters is 1. The van der Waals surface area contributed by atoms with Crippen molar-refractivity contribution < 1.29 is 13.9 Å². The lowest BCUT2D eigenvalue weighted by atomic mass is 9.97. The third kappa shape index (κ3) is 2.05. The number of rotatable bonds is 1. The van der Waals surface area contributed by atoms with Crippen LogP contribution in [0.3, 0.4) is 0 Å². The average molecular weight is 184 g/mol. The summed E-state index contributed by atoms with van der Waals surface area (Å²) in [6, 6.07) is 0. The van der Waals surface area contributed by atoms with Crippen LogP contribution in [-0.2, 0) is 10.2 Å². The van der Waals surface area contributed by atoms with Crippen LogP contribution in [0.2, 0.25) is 0 Å². The molecule has 0 radical (unpaired) electrons. The highest BCUT2D eigenvalue weighted by Gasteiger charge is 2.24. The predicted molar refractivity (Wildman–Crippen MR) is 44.3 cm³/mol. The number of carbonyl (C=O) groups is 1. The van der Waals surface area contributed by atoms with E-state index in [2.05, 4.69) is 14.9 Å². The van der Waals surface area contributed by atoms with Crippen molar-refractivity contribution >= 4 is 5.97 Å². The molecule has 1 heterocycles. The summed E-state index contributed by atoms with van der Waals surface area (Å²) < 4.78 is 9.53. The Kier molecular flexibility index (Phi) is 2.36. The number of aromatic nitrogens is 2. The first-order chi connectivity index (χ1) is 5.95. The van der Waals surface area contributed by atoms with Crippen LogP contribution in [0, 0.1) is 0 Å². The summed E-state index contributed by atoms with van der Waals surface area (Å²) in [5.74, 6) is -0.289. The van der Waals surface area contributed by atoms with E-state index in [-0.39, 0.29) is 11.3 Å². The van der Waals surface area contributed by atoms with E-state index >= 15 is 0 Å². The Morgan fingerprint density at radius 3 is 2.38 bits per heavy atom. The Morgan fingerprint density at radius 2 is 2.00 bits per heavy atom. The molecule has 5 nitrogen and oxygen atoms in total. The summed E-state index contributed by atoms with van der Waals surface area (Å²) in [7, 11) is 1.27. The molecule has 0 spiro atoms. The van der Waals surface area contributed by atoms with Crippen molar-refractivity contribution in [1.29, 1.82) is 0 Å². The standard InChI is InChI=1S/C8H12N2O3/c1-8(2,3)7-10-9-5(13-7)6(11)12-4/h1-4H3. The summed E-state index contributed by atoms with van der Waals surface area (Å²) in [5.41, 5.74) is -0.251. The third-order valence-corrected chi connectivity index (χ3v) is 1.43. The quantitative estimate of drug-likeness (QED) is 0.612. The van der Waals surface area contributed by atoms with E-state index in [1.54, 1.807) is 0 Å². The molecular formula is C8H12N2O3. The van der Waals surface area contributed by atoms with Gasteiger partial charge in [-0.15, -0.1) is 10.2 Å². The minimum absolute atomic E-state index is 0.104. The molecule has 0 bridgehead atoms. The molecule has 0 aliphatic carbocycles. The zero-order valence-electron chi connectivity index (χ0n) is 8.12. The van der Waals surface area contributed by atoms with Crippen molar-refractivity contribution in [2.75, 3.05) is 7.11 Å². The van der Waals surface area contributed by atoms with Crippen LogP contribution in [0.15, 0.2) is 4.42 Å². The largest absolute Gasteiger partial charge is 0.462 e. The number of nitrogens with zero attached hydrogens (tertiary/aromatic N) is 2. The highest BCUT2D eigenvalue weighted by Crippen LogP contribution is 2.20. The molecule has 0 amide bonds. The second kappa shape index (κ2) is 3.16. The molecule has 5 heteroatoms. The smallest absolute Gasteiger partial charge is 0.396 e. The zero-order valence-corrected chi connectivity index (χ0v) is 8.12. The number of hydrogen-bond donors (Lipinski definition) is 0. The van der Waals surface area contributed by atoms with Crippen molar-refractivity contribution in [1.82, 2.24) is 10.2 Å². The van der Waals surface area contributed by atoms with E-state index in [1.807, 2.05) is 20.8 Å². The highest BCUT2D eigenvalue weighted by atomic mass is 16.5. The SMILES string of the molecule is COC(=O)c1nnc(C(C)(C)C)o1. The van der Waals surface area contributed by atoms with E-state index in [4.69, 9.17) is 4.42 Å². The molecule has 0 unspecified atom stereocenters. The molecule has 0 saturated carbocycles. The number of methoxy groups -OCH3 is 1. The zero-order chi connectivity index (χ0) is 10.1. The summed E-state index contributed by atoms with van der Waals surface area (Å²) >= 11 is 0. The molecule has 0 saturated heterocycles. The Morgan fingerprint density at radius 1 is 1.38 bits per heavy atom. The van der Waals surface area contributed by atoms with Crippen LogP contribution in [0.25, 0.3) is 0 Å². The molecule has 0 aromatic carbocycles. The van der Waals surface area contributed by atoms with Gasteiger partial charge in [-0.1, -0.05) is 20.8 Å². The Labute approximate surface area is 76.1 Å². The topological polar surface area (TPSA) is 65.2 Å².